The van der Waals surface area contributed by atoms with Gasteiger partial charge in [-0.3, -0.25) is 19.5 Å². The molecule has 8 nitrogen and oxygen atoms in total. The number of piperazine rings is 1. The molecule has 1 aliphatic heterocycles. The first kappa shape index (κ1) is 16.5. The van der Waals surface area contributed by atoms with E-state index in [1.165, 1.54) is 6.33 Å². The maximum absolute atomic E-state index is 12.8. The Bertz CT molecular complexity index is 864. The van der Waals surface area contributed by atoms with Crippen LogP contribution in [0.15, 0.2) is 42.7 Å². The molecular formula is C18H21N7O. The third kappa shape index (κ3) is 3.36. The van der Waals surface area contributed by atoms with Gasteiger partial charge in [0.1, 0.15) is 12.2 Å². The van der Waals surface area contributed by atoms with Crippen molar-refractivity contribution in [2.45, 2.75) is 6.54 Å². The van der Waals surface area contributed by atoms with Crippen molar-refractivity contribution in [1.82, 2.24) is 34.8 Å². The van der Waals surface area contributed by atoms with Crippen LogP contribution in [0.4, 0.5) is 0 Å². The predicted molar refractivity (Wildman–Crippen MR) is 96.2 cm³/mol. The summed E-state index contributed by atoms with van der Waals surface area (Å²) in [6.45, 7) is 3.72. The maximum Gasteiger partial charge on any atom is 0.274 e. The van der Waals surface area contributed by atoms with E-state index >= 15 is 0 Å². The maximum atomic E-state index is 12.8. The molecule has 1 fully saturated rings. The van der Waals surface area contributed by atoms with Crippen molar-refractivity contribution in [3.05, 3.63) is 54.2 Å². The van der Waals surface area contributed by atoms with Gasteiger partial charge < -0.3 is 4.90 Å². The number of hydrogen-bond acceptors (Lipinski definition) is 5. The van der Waals surface area contributed by atoms with Crippen molar-refractivity contribution in [2.24, 2.45) is 7.05 Å². The second kappa shape index (κ2) is 7.09. The van der Waals surface area contributed by atoms with E-state index in [2.05, 4.69) is 25.2 Å². The quantitative estimate of drug-likeness (QED) is 0.763. The minimum Gasteiger partial charge on any atom is -0.335 e. The summed E-state index contributed by atoms with van der Waals surface area (Å²) in [6, 6.07) is 11.9. The van der Waals surface area contributed by atoms with Crippen LogP contribution < -0.4 is 0 Å². The summed E-state index contributed by atoms with van der Waals surface area (Å²) in [5.41, 5.74) is 2.49. The Hall–Kier alpha value is -3.00. The Labute approximate surface area is 151 Å². The van der Waals surface area contributed by atoms with Crippen LogP contribution in [0.5, 0.6) is 0 Å². The van der Waals surface area contributed by atoms with E-state index < -0.39 is 0 Å². The average Bonchev–Trinajstić information content (AvgIpc) is 3.32. The molecule has 0 bridgehead atoms. The van der Waals surface area contributed by atoms with Gasteiger partial charge in [-0.15, -0.1) is 0 Å². The lowest BCUT2D eigenvalue weighted by Gasteiger charge is -2.33. The molecule has 0 atom stereocenters. The van der Waals surface area contributed by atoms with Gasteiger partial charge in [-0.2, -0.15) is 10.2 Å². The van der Waals surface area contributed by atoms with Crippen molar-refractivity contribution >= 4 is 5.91 Å². The van der Waals surface area contributed by atoms with Crippen molar-refractivity contribution in [3.63, 3.8) is 0 Å². The summed E-state index contributed by atoms with van der Waals surface area (Å²) in [4.78, 5) is 21.1. The lowest BCUT2D eigenvalue weighted by Crippen LogP contribution is -2.48. The van der Waals surface area contributed by atoms with E-state index in [4.69, 9.17) is 0 Å². The SMILES string of the molecule is Cn1nc(C(=O)N2CCN(Cc3ncn[nH]3)CC2)cc1-c1ccccc1. The number of nitrogens with zero attached hydrogens (tertiary/aromatic N) is 6. The number of amides is 1. The fourth-order valence-electron chi connectivity index (χ4n) is 3.24. The molecule has 2 aromatic heterocycles. The Kier molecular flexibility index (Phi) is 4.49. The second-order valence-corrected chi connectivity index (χ2v) is 6.40. The molecule has 1 amide bonds. The van der Waals surface area contributed by atoms with Crippen LogP contribution in [-0.2, 0) is 13.6 Å². The van der Waals surface area contributed by atoms with E-state index in [0.717, 1.165) is 36.7 Å². The fourth-order valence-corrected chi connectivity index (χ4v) is 3.24. The summed E-state index contributed by atoms with van der Waals surface area (Å²) in [6.07, 6.45) is 1.51. The number of benzene rings is 1. The molecule has 1 aliphatic rings. The monoisotopic (exact) mass is 351 g/mol. The number of H-pyrrole nitrogens is 1. The van der Waals surface area contributed by atoms with Gasteiger partial charge in [0.2, 0.25) is 0 Å². The van der Waals surface area contributed by atoms with Gasteiger partial charge in [0.15, 0.2) is 5.69 Å². The minimum atomic E-state index is -0.0119. The van der Waals surface area contributed by atoms with E-state index in [9.17, 15) is 4.79 Å². The molecule has 0 radical (unpaired) electrons. The fraction of sp³-hybridized carbons (Fsp3) is 0.333. The minimum absolute atomic E-state index is 0.0119. The second-order valence-electron chi connectivity index (χ2n) is 6.40. The first-order valence-electron chi connectivity index (χ1n) is 8.66. The molecule has 0 spiro atoms. The molecule has 3 aromatic rings. The van der Waals surface area contributed by atoms with Crippen LogP contribution >= 0.6 is 0 Å². The highest BCUT2D eigenvalue weighted by Crippen LogP contribution is 2.20. The number of aromatic amines is 1. The number of aromatic nitrogens is 5. The molecule has 1 saturated heterocycles. The van der Waals surface area contributed by atoms with Crippen molar-refractivity contribution in [3.8, 4) is 11.3 Å². The highest BCUT2D eigenvalue weighted by Gasteiger charge is 2.25. The molecule has 134 valence electrons. The summed E-state index contributed by atoms with van der Waals surface area (Å²) in [5, 5.41) is 11.2. The molecule has 1 aromatic carbocycles. The zero-order chi connectivity index (χ0) is 17.9. The van der Waals surface area contributed by atoms with Gasteiger partial charge in [0.05, 0.1) is 12.2 Å². The van der Waals surface area contributed by atoms with Gasteiger partial charge in [0.25, 0.3) is 5.91 Å². The standard InChI is InChI=1S/C18H21N7O/c1-23-16(14-5-3-2-4-6-14)11-15(22-23)18(26)25-9-7-24(8-10-25)12-17-19-13-20-21-17/h2-6,11,13H,7-10,12H2,1H3,(H,19,20,21). The molecule has 0 aliphatic carbocycles. The van der Waals surface area contributed by atoms with Gasteiger partial charge in [-0.05, 0) is 11.6 Å². The predicted octanol–water partition coefficient (Wildman–Crippen LogP) is 1.16. The van der Waals surface area contributed by atoms with Crippen molar-refractivity contribution in [2.75, 3.05) is 26.2 Å². The molecule has 3 heterocycles. The molecule has 8 heteroatoms. The third-order valence-corrected chi connectivity index (χ3v) is 4.67. The van der Waals surface area contributed by atoms with Gasteiger partial charge in [0, 0.05) is 33.2 Å². The van der Waals surface area contributed by atoms with E-state index in [-0.39, 0.29) is 5.91 Å². The van der Waals surface area contributed by atoms with Crippen LogP contribution in [0.3, 0.4) is 0 Å². The number of nitrogens with one attached hydrogen (secondary N) is 1. The van der Waals surface area contributed by atoms with Crippen LogP contribution in [-0.4, -0.2) is 66.8 Å². The van der Waals surface area contributed by atoms with Crippen molar-refractivity contribution in [1.29, 1.82) is 0 Å². The van der Waals surface area contributed by atoms with Gasteiger partial charge in [-0.1, -0.05) is 30.3 Å². The zero-order valence-electron chi connectivity index (χ0n) is 14.7. The highest BCUT2D eigenvalue weighted by atomic mass is 16.2. The largest absolute Gasteiger partial charge is 0.335 e. The number of carbonyl (C=O) groups excluding carboxylic acids is 1. The normalized spacial score (nSPS) is 15.3. The lowest BCUT2D eigenvalue weighted by atomic mass is 10.1. The number of rotatable bonds is 4. The van der Waals surface area contributed by atoms with E-state index in [1.54, 1.807) is 4.68 Å². The van der Waals surface area contributed by atoms with Crippen LogP contribution in [0, 0.1) is 0 Å². The topological polar surface area (TPSA) is 82.9 Å². The van der Waals surface area contributed by atoms with Gasteiger partial charge in [-0.25, -0.2) is 4.98 Å². The van der Waals surface area contributed by atoms with Crippen LogP contribution in [0.25, 0.3) is 11.3 Å². The summed E-state index contributed by atoms with van der Waals surface area (Å²) in [5.74, 6) is 0.837. The first-order chi connectivity index (χ1) is 12.7. The Morgan fingerprint density at radius 2 is 1.92 bits per heavy atom. The average molecular weight is 351 g/mol. The Morgan fingerprint density at radius 1 is 1.15 bits per heavy atom. The zero-order valence-corrected chi connectivity index (χ0v) is 14.7. The third-order valence-electron chi connectivity index (χ3n) is 4.67. The summed E-state index contributed by atoms with van der Waals surface area (Å²) < 4.78 is 1.77. The highest BCUT2D eigenvalue weighted by molar-refractivity contribution is 5.93. The Balaban J connectivity index is 1.41. The van der Waals surface area contributed by atoms with E-state index in [0.29, 0.717) is 18.8 Å². The summed E-state index contributed by atoms with van der Waals surface area (Å²) >= 11 is 0. The molecule has 0 unspecified atom stereocenters. The lowest BCUT2D eigenvalue weighted by molar-refractivity contribution is 0.0619. The van der Waals surface area contributed by atoms with E-state index in [1.807, 2.05) is 48.3 Å². The molecular weight excluding hydrogens is 330 g/mol. The molecule has 4 rings (SSSR count). The smallest absolute Gasteiger partial charge is 0.274 e. The molecule has 26 heavy (non-hydrogen) atoms. The molecule has 1 N–H and O–H groups in total. The first-order valence-corrected chi connectivity index (χ1v) is 8.66. The van der Waals surface area contributed by atoms with Gasteiger partial charge >= 0.3 is 0 Å². The van der Waals surface area contributed by atoms with Crippen LogP contribution in [0.1, 0.15) is 16.3 Å². The van der Waals surface area contributed by atoms with Crippen LogP contribution in [0.2, 0.25) is 0 Å². The Morgan fingerprint density at radius 3 is 2.62 bits per heavy atom. The number of aryl methyl sites for hydroxylation is 1. The number of hydrogen-bond donors (Lipinski definition) is 1. The number of carbonyl (C=O) groups is 1. The van der Waals surface area contributed by atoms with Crippen molar-refractivity contribution < 1.29 is 4.79 Å². The summed E-state index contributed by atoms with van der Waals surface area (Å²) in [7, 11) is 1.87. The molecule has 0 saturated carbocycles.